The standard InChI is InChI=1S/C17H27N3O2/c1-3-4-9-19-10-12-20(13-11-19)17(21)18-14-15-7-5-6-8-16(15)22-2/h5-8H,3-4,9-14H2,1-2H3,(H,18,21). The third-order valence-corrected chi connectivity index (χ3v) is 4.11. The lowest BCUT2D eigenvalue weighted by Gasteiger charge is -2.34. The topological polar surface area (TPSA) is 44.8 Å². The van der Waals surface area contributed by atoms with Crippen LogP contribution < -0.4 is 10.1 Å². The molecular formula is C17H27N3O2. The molecule has 1 N–H and O–H groups in total. The normalized spacial score (nSPS) is 15.6. The van der Waals surface area contributed by atoms with Crippen molar-refractivity contribution in [2.75, 3.05) is 39.8 Å². The van der Waals surface area contributed by atoms with Gasteiger partial charge in [0.05, 0.1) is 7.11 Å². The van der Waals surface area contributed by atoms with Gasteiger partial charge in [0.25, 0.3) is 0 Å². The van der Waals surface area contributed by atoms with E-state index in [0.717, 1.165) is 44.0 Å². The Morgan fingerprint density at radius 1 is 1.23 bits per heavy atom. The van der Waals surface area contributed by atoms with E-state index in [1.54, 1.807) is 7.11 Å². The number of hydrogen-bond donors (Lipinski definition) is 1. The fourth-order valence-corrected chi connectivity index (χ4v) is 2.69. The Hall–Kier alpha value is -1.75. The minimum atomic E-state index is 0.0149. The van der Waals surface area contributed by atoms with Crippen LogP contribution in [0.4, 0.5) is 4.79 Å². The number of nitrogens with one attached hydrogen (secondary N) is 1. The van der Waals surface area contributed by atoms with Gasteiger partial charge in [0.1, 0.15) is 5.75 Å². The molecule has 1 saturated heterocycles. The van der Waals surface area contributed by atoms with E-state index in [0.29, 0.717) is 6.54 Å². The van der Waals surface area contributed by atoms with Gasteiger partial charge in [-0.25, -0.2) is 4.79 Å². The molecule has 0 radical (unpaired) electrons. The molecule has 1 aliphatic heterocycles. The summed E-state index contributed by atoms with van der Waals surface area (Å²) >= 11 is 0. The van der Waals surface area contributed by atoms with Gasteiger partial charge in [0, 0.05) is 38.3 Å². The number of unbranched alkanes of at least 4 members (excludes halogenated alkanes) is 1. The Morgan fingerprint density at radius 3 is 2.64 bits per heavy atom. The maximum absolute atomic E-state index is 12.2. The Kier molecular flexibility index (Phi) is 6.52. The first-order chi connectivity index (χ1) is 10.7. The summed E-state index contributed by atoms with van der Waals surface area (Å²) in [5.41, 5.74) is 1.000. The second kappa shape index (κ2) is 8.63. The number of urea groups is 1. The number of ether oxygens (including phenoxy) is 1. The maximum Gasteiger partial charge on any atom is 0.317 e. The van der Waals surface area contributed by atoms with Crippen LogP contribution in [-0.2, 0) is 6.54 Å². The van der Waals surface area contributed by atoms with E-state index in [9.17, 15) is 4.79 Å². The second-order valence-electron chi connectivity index (χ2n) is 5.65. The van der Waals surface area contributed by atoms with Gasteiger partial charge in [-0.3, -0.25) is 4.90 Å². The van der Waals surface area contributed by atoms with Gasteiger partial charge in [-0.15, -0.1) is 0 Å². The maximum atomic E-state index is 12.2. The summed E-state index contributed by atoms with van der Waals surface area (Å²) in [5.74, 6) is 0.812. The van der Waals surface area contributed by atoms with Crippen molar-refractivity contribution in [2.45, 2.75) is 26.3 Å². The summed E-state index contributed by atoms with van der Waals surface area (Å²) in [7, 11) is 1.65. The average molecular weight is 305 g/mol. The van der Waals surface area contributed by atoms with Crippen molar-refractivity contribution in [3.63, 3.8) is 0 Å². The number of piperazine rings is 1. The molecule has 1 aliphatic rings. The monoisotopic (exact) mass is 305 g/mol. The van der Waals surface area contributed by atoms with Gasteiger partial charge >= 0.3 is 6.03 Å². The van der Waals surface area contributed by atoms with Crippen LogP contribution in [-0.4, -0.2) is 55.7 Å². The largest absolute Gasteiger partial charge is 0.496 e. The van der Waals surface area contributed by atoms with Gasteiger partial charge in [-0.05, 0) is 19.0 Å². The average Bonchev–Trinajstić information content (AvgIpc) is 2.58. The number of hydrogen-bond acceptors (Lipinski definition) is 3. The van der Waals surface area contributed by atoms with Crippen LogP contribution >= 0.6 is 0 Å². The molecule has 0 atom stereocenters. The second-order valence-corrected chi connectivity index (χ2v) is 5.65. The molecular weight excluding hydrogens is 278 g/mol. The minimum Gasteiger partial charge on any atom is -0.496 e. The SMILES string of the molecule is CCCCN1CCN(C(=O)NCc2ccccc2OC)CC1. The third-order valence-electron chi connectivity index (χ3n) is 4.11. The quantitative estimate of drug-likeness (QED) is 0.877. The van der Waals surface area contributed by atoms with Crippen molar-refractivity contribution in [2.24, 2.45) is 0 Å². The number of methoxy groups -OCH3 is 1. The highest BCUT2D eigenvalue weighted by atomic mass is 16.5. The number of carbonyl (C=O) groups excluding carboxylic acids is 1. The molecule has 1 aromatic rings. The highest BCUT2D eigenvalue weighted by Gasteiger charge is 2.20. The molecule has 0 aromatic heterocycles. The highest BCUT2D eigenvalue weighted by Crippen LogP contribution is 2.16. The van der Waals surface area contributed by atoms with E-state index >= 15 is 0 Å². The molecule has 0 spiro atoms. The number of amides is 2. The Balaban J connectivity index is 1.76. The lowest BCUT2D eigenvalue weighted by atomic mass is 10.2. The van der Waals surface area contributed by atoms with Crippen LogP contribution in [0, 0.1) is 0 Å². The lowest BCUT2D eigenvalue weighted by molar-refractivity contribution is 0.138. The predicted molar refractivity (Wildman–Crippen MR) is 88.2 cm³/mol. The van der Waals surface area contributed by atoms with Gasteiger partial charge in [0.15, 0.2) is 0 Å². The van der Waals surface area contributed by atoms with Crippen LogP contribution in [0.3, 0.4) is 0 Å². The molecule has 5 nitrogen and oxygen atoms in total. The van der Waals surface area contributed by atoms with E-state index in [4.69, 9.17) is 4.74 Å². The zero-order chi connectivity index (χ0) is 15.8. The molecule has 0 bridgehead atoms. The summed E-state index contributed by atoms with van der Waals surface area (Å²) in [4.78, 5) is 16.6. The summed E-state index contributed by atoms with van der Waals surface area (Å²) in [5, 5.41) is 2.99. The van der Waals surface area contributed by atoms with Crippen molar-refractivity contribution in [1.29, 1.82) is 0 Å². The first kappa shape index (κ1) is 16.6. The first-order valence-corrected chi connectivity index (χ1v) is 8.11. The Bertz CT molecular complexity index is 471. The number of nitrogens with zero attached hydrogens (tertiary/aromatic N) is 2. The van der Waals surface area contributed by atoms with Crippen LogP contribution in [0.15, 0.2) is 24.3 Å². The van der Waals surface area contributed by atoms with Crippen LogP contribution in [0.1, 0.15) is 25.3 Å². The van der Waals surface area contributed by atoms with Crippen LogP contribution in [0.2, 0.25) is 0 Å². The molecule has 122 valence electrons. The van der Waals surface area contributed by atoms with Gasteiger partial charge in [0.2, 0.25) is 0 Å². The zero-order valence-corrected chi connectivity index (χ0v) is 13.7. The van der Waals surface area contributed by atoms with E-state index < -0.39 is 0 Å². The lowest BCUT2D eigenvalue weighted by Crippen LogP contribution is -2.51. The minimum absolute atomic E-state index is 0.0149. The first-order valence-electron chi connectivity index (χ1n) is 8.11. The third kappa shape index (κ3) is 4.63. The molecule has 1 aromatic carbocycles. The molecule has 0 saturated carbocycles. The van der Waals surface area contributed by atoms with Crippen molar-refractivity contribution in [3.8, 4) is 5.75 Å². The van der Waals surface area contributed by atoms with E-state index in [1.807, 2.05) is 29.2 Å². The molecule has 0 aliphatic carbocycles. The van der Waals surface area contributed by atoms with E-state index in [1.165, 1.54) is 12.8 Å². The molecule has 1 fully saturated rings. The van der Waals surface area contributed by atoms with Crippen molar-refractivity contribution in [3.05, 3.63) is 29.8 Å². The van der Waals surface area contributed by atoms with Gasteiger partial charge in [-0.2, -0.15) is 0 Å². The molecule has 5 heteroatoms. The Morgan fingerprint density at radius 2 is 1.95 bits per heavy atom. The van der Waals surface area contributed by atoms with Crippen molar-refractivity contribution in [1.82, 2.24) is 15.1 Å². The summed E-state index contributed by atoms with van der Waals surface area (Å²) < 4.78 is 5.30. The van der Waals surface area contributed by atoms with Crippen molar-refractivity contribution < 1.29 is 9.53 Å². The number of benzene rings is 1. The smallest absolute Gasteiger partial charge is 0.317 e. The summed E-state index contributed by atoms with van der Waals surface area (Å²) in [6, 6.07) is 7.78. The molecule has 1 heterocycles. The Labute approximate surface area is 133 Å². The van der Waals surface area contributed by atoms with E-state index in [2.05, 4.69) is 17.1 Å². The fraction of sp³-hybridized carbons (Fsp3) is 0.588. The van der Waals surface area contributed by atoms with E-state index in [-0.39, 0.29) is 6.03 Å². The molecule has 0 unspecified atom stereocenters. The predicted octanol–water partition coefficient (Wildman–Crippen LogP) is 2.32. The van der Waals surface area contributed by atoms with Crippen molar-refractivity contribution >= 4 is 6.03 Å². The van der Waals surface area contributed by atoms with Gasteiger partial charge in [-0.1, -0.05) is 31.5 Å². The van der Waals surface area contributed by atoms with Crippen LogP contribution in [0.5, 0.6) is 5.75 Å². The summed E-state index contributed by atoms with van der Waals surface area (Å²) in [6.45, 7) is 7.42. The molecule has 2 amide bonds. The highest BCUT2D eigenvalue weighted by molar-refractivity contribution is 5.74. The van der Waals surface area contributed by atoms with Crippen LogP contribution in [0.25, 0.3) is 0 Å². The molecule has 2 rings (SSSR count). The zero-order valence-electron chi connectivity index (χ0n) is 13.7. The number of carbonyl (C=O) groups is 1. The summed E-state index contributed by atoms with van der Waals surface area (Å²) in [6.07, 6.45) is 2.46. The number of para-hydroxylation sites is 1. The number of rotatable bonds is 6. The van der Waals surface area contributed by atoms with Gasteiger partial charge < -0.3 is 15.0 Å². The molecule has 22 heavy (non-hydrogen) atoms. The fourth-order valence-electron chi connectivity index (χ4n) is 2.69.